The van der Waals surface area contributed by atoms with Crippen molar-refractivity contribution in [2.45, 2.75) is 64.2 Å². The summed E-state index contributed by atoms with van der Waals surface area (Å²) in [6.07, 6.45) is 7.60. The molecule has 190 valence electrons. The van der Waals surface area contributed by atoms with Crippen molar-refractivity contribution in [2.75, 3.05) is 38.3 Å². The van der Waals surface area contributed by atoms with Gasteiger partial charge in [-0.2, -0.15) is 10.1 Å². The highest BCUT2D eigenvalue weighted by atomic mass is 16.5. The number of aromatic nitrogens is 4. The molecule has 6 N–H and O–H groups in total. The molecule has 0 amide bonds. The van der Waals surface area contributed by atoms with Crippen LogP contribution in [0.5, 0.6) is 5.75 Å². The number of benzene rings is 1. The van der Waals surface area contributed by atoms with Gasteiger partial charge in [-0.3, -0.25) is 9.58 Å². The summed E-state index contributed by atoms with van der Waals surface area (Å²) in [6.45, 7) is 6.21. The van der Waals surface area contributed by atoms with Gasteiger partial charge in [0.15, 0.2) is 5.82 Å². The number of anilines is 2. The highest BCUT2D eigenvalue weighted by Crippen LogP contribution is 2.28. The molecule has 2 unspecified atom stereocenters. The van der Waals surface area contributed by atoms with Crippen LogP contribution < -0.4 is 21.5 Å². The molecule has 0 aliphatic carbocycles. The monoisotopic (exact) mass is 482 g/mol. The smallest absolute Gasteiger partial charge is 0.222 e. The van der Waals surface area contributed by atoms with Crippen LogP contribution in [-0.2, 0) is 13.1 Å². The van der Waals surface area contributed by atoms with Crippen LogP contribution in [0.15, 0.2) is 24.4 Å². The van der Waals surface area contributed by atoms with Gasteiger partial charge in [0.25, 0.3) is 0 Å². The number of likely N-dealkylation sites (tertiary alicyclic amines) is 1. The second-order valence-electron chi connectivity index (χ2n) is 9.36. The van der Waals surface area contributed by atoms with Gasteiger partial charge in [-0.1, -0.05) is 38.3 Å². The maximum Gasteiger partial charge on any atom is 0.222 e. The molecular weight excluding hydrogens is 444 g/mol. The zero-order valence-electron chi connectivity index (χ0n) is 20.8. The van der Waals surface area contributed by atoms with E-state index in [0.29, 0.717) is 42.1 Å². The van der Waals surface area contributed by atoms with Gasteiger partial charge in [-0.15, -0.1) is 0 Å². The number of nitrogen functional groups attached to an aromatic ring is 2. The minimum absolute atomic E-state index is 0.150. The molecule has 0 radical (unpaired) electrons. The van der Waals surface area contributed by atoms with Crippen LogP contribution in [0.2, 0.25) is 0 Å². The first-order valence-electron chi connectivity index (χ1n) is 12.5. The minimum Gasteiger partial charge on any atom is -0.496 e. The first kappa shape index (κ1) is 25.2. The average molecular weight is 483 g/mol. The van der Waals surface area contributed by atoms with Gasteiger partial charge in [0, 0.05) is 43.9 Å². The first-order valence-corrected chi connectivity index (χ1v) is 12.5. The van der Waals surface area contributed by atoms with Crippen molar-refractivity contribution in [3.8, 4) is 5.75 Å². The maximum atomic E-state index is 8.29. The van der Waals surface area contributed by atoms with Gasteiger partial charge in [0.1, 0.15) is 16.8 Å². The molecule has 2 fully saturated rings. The minimum atomic E-state index is 0.150. The van der Waals surface area contributed by atoms with Crippen LogP contribution in [0.3, 0.4) is 0 Å². The number of aliphatic hydroxyl groups excluding tert-OH is 1. The lowest BCUT2D eigenvalue weighted by atomic mass is 10.1. The fourth-order valence-electron chi connectivity index (χ4n) is 4.96. The Morgan fingerprint density at radius 2 is 2.03 bits per heavy atom. The standard InChI is InChI=1S/C19H24N8O.C6H14O/c1-28-16-4-11(8-26-10-13-5-14(26)6-22-13)2-3-12(16)9-27-17-15(7-23-27)24-19(21)25-18(17)20;1-2-3-4-5-6-7/h2-4,7,13-14,22H,5-6,8-10H2,1H3,(H4,20,21,24,25);7H,2-6H2,1H3. The number of methoxy groups -OCH3 is 1. The number of piperazine rings is 1. The van der Waals surface area contributed by atoms with Crippen LogP contribution in [0.4, 0.5) is 11.8 Å². The predicted molar refractivity (Wildman–Crippen MR) is 138 cm³/mol. The second-order valence-corrected chi connectivity index (χ2v) is 9.36. The summed E-state index contributed by atoms with van der Waals surface area (Å²) in [4.78, 5) is 10.8. The SMILES string of the molecule is CCCCCCO.COc1cc(CN2CC3CC2CN3)ccc1Cn1ncc2nc(N)nc(N)c21. The average Bonchev–Trinajstić information content (AvgIpc) is 3.57. The third-order valence-corrected chi connectivity index (χ3v) is 6.77. The van der Waals surface area contributed by atoms with E-state index in [2.05, 4.69) is 50.4 Å². The Kier molecular flexibility index (Phi) is 8.37. The number of rotatable bonds is 9. The topological polar surface area (TPSA) is 140 Å². The Bertz CT molecular complexity index is 1110. The van der Waals surface area contributed by atoms with Gasteiger partial charge >= 0.3 is 0 Å². The molecular formula is C25H38N8O2. The van der Waals surface area contributed by atoms with Crippen molar-refractivity contribution in [1.29, 1.82) is 0 Å². The van der Waals surface area contributed by atoms with Gasteiger partial charge < -0.3 is 26.6 Å². The molecule has 3 aromatic rings. The molecule has 0 spiro atoms. The van der Waals surface area contributed by atoms with Gasteiger partial charge in [0.2, 0.25) is 5.95 Å². The number of aliphatic hydroxyl groups is 1. The number of hydrogen-bond donors (Lipinski definition) is 4. The zero-order chi connectivity index (χ0) is 24.8. The van der Waals surface area contributed by atoms with Crippen LogP contribution in [0, 0.1) is 0 Å². The maximum absolute atomic E-state index is 8.29. The van der Waals surface area contributed by atoms with Crippen molar-refractivity contribution in [3.05, 3.63) is 35.5 Å². The Balaban J connectivity index is 0.000000364. The lowest BCUT2D eigenvalue weighted by Gasteiger charge is -2.27. The quantitative estimate of drug-likeness (QED) is 0.338. The number of nitrogens with two attached hydrogens (primary N) is 2. The molecule has 10 nitrogen and oxygen atoms in total. The van der Waals surface area contributed by atoms with E-state index in [4.69, 9.17) is 21.3 Å². The van der Waals surface area contributed by atoms with Crippen molar-refractivity contribution in [2.24, 2.45) is 0 Å². The molecule has 5 rings (SSSR count). The van der Waals surface area contributed by atoms with Crippen LogP contribution in [-0.4, -0.2) is 68.6 Å². The Morgan fingerprint density at radius 1 is 1.17 bits per heavy atom. The lowest BCUT2D eigenvalue weighted by molar-refractivity contribution is 0.217. The number of ether oxygens (including phenoxy) is 1. The summed E-state index contributed by atoms with van der Waals surface area (Å²) in [5.41, 5.74) is 15.3. The van der Waals surface area contributed by atoms with E-state index in [9.17, 15) is 0 Å². The van der Waals surface area contributed by atoms with E-state index in [1.54, 1.807) is 18.0 Å². The summed E-state index contributed by atoms with van der Waals surface area (Å²) in [5, 5.41) is 16.2. The summed E-state index contributed by atoms with van der Waals surface area (Å²) in [6, 6.07) is 7.70. The Labute approximate surface area is 206 Å². The number of fused-ring (bicyclic) bond motifs is 3. The molecule has 1 aromatic carbocycles. The number of nitrogens with zero attached hydrogens (tertiary/aromatic N) is 5. The molecule has 10 heteroatoms. The lowest BCUT2D eigenvalue weighted by Crippen LogP contribution is -2.42. The van der Waals surface area contributed by atoms with Crippen LogP contribution in [0.1, 0.15) is 50.2 Å². The molecule has 2 aliphatic rings. The van der Waals surface area contributed by atoms with E-state index >= 15 is 0 Å². The van der Waals surface area contributed by atoms with Gasteiger partial charge in [-0.05, 0) is 24.5 Å². The Hall–Kier alpha value is -2.95. The van der Waals surface area contributed by atoms with E-state index in [0.717, 1.165) is 37.4 Å². The summed E-state index contributed by atoms with van der Waals surface area (Å²) in [7, 11) is 1.70. The van der Waals surface area contributed by atoms with E-state index in [-0.39, 0.29) is 5.95 Å². The van der Waals surface area contributed by atoms with Crippen LogP contribution >= 0.6 is 0 Å². The van der Waals surface area contributed by atoms with Crippen molar-refractivity contribution >= 4 is 22.8 Å². The molecule has 0 saturated carbocycles. The highest BCUT2D eigenvalue weighted by Gasteiger charge is 2.37. The molecule has 2 saturated heterocycles. The largest absolute Gasteiger partial charge is 0.496 e. The molecule has 2 aromatic heterocycles. The van der Waals surface area contributed by atoms with Gasteiger partial charge in [0.05, 0.1) is 19.9 Å². The molecule has 2 atom stereocenters. The highest BCUT2D eigenvalue weighted by molar-refractivity contribution is 5.85. The van der Waals surface area contributed by atoms with Crippen molar-refractivity contribution in [1.82, 2.24) is 30.0 Å². The number of hydrogen-bond acceptors (Lipinski definition) is 9. The van der Waals surface area contributed by atoms with Gasteiger partial charge in [-0.25, -0.2) is 4.98 Å². The van der Waals surface area contributed by atoms with E-state index < -0.39 is 0 Å². The number of unbranched alkanes of at least 4 members (excludes halogenated alkanes) is 3. The summed E-state index contributed by atoms with van der Waals surface area (Å²) < 4.78 is 7.45. The van der Waals surface area contributed by atoms with Crippen molar-refractivity contribution < 1.29 is 9.84 Å². The van der Waals surface area contributed by atoms with Crippen LogP contribution in [0.25, 0.3) is 11.0 Å². The normalized spacial score (nSPS) is 19.2. The Morgan fingerprint density at radius 3 is 2.71 bits per heavy atom. The summed E-state index contributed by atoms with van der Waals surface area (Å²) in [5.74, 6) is 1.32. The van der Waals surface area contributed by atoms with E-state index in [1.165, 1.54) is 31.2 Å². The predicted octanol–water partition coefficient (Wildman–Crippen LogP) is 2.15. The zero-order valence-corrected chi connectivity index (χ0v) is 20.8. The second kappa shape index (κ2) is 11.7. The fourth-order valence-corrected chi connectivity index (χ4v) is 4.96. The summed E-state index contributed by atoms with van der Waals surface area (Å²) >= 11 is 0. The molecule has 35 heavy (non-hydrogen) atoms. The van der Waals surface area contributed by atoms with E-state index in [1.807, 2.05) is 0 Å². The third kappa shape index (κ3) is 6.01. The molecule has 4 heterocycles. The van der Waals surface area contributed by atoms with Crippen molar-refractivity contribution in [3.63, 3.8) is 0 Å². The third-order valence-electron chi connectivity index (χ3n) is 6.77. The fraction of sp³-hybridized carbons (Fsp3) is 0.560. The first-order chi connectivity index (χ1) is 17.0. The molecule has 2 bridgehead atoms. The molecule has 2 aliphatic heterocycles. The number of nitrogens with one attached hydrogen (secondary N) is 1.